The molecule has 0 radical (unpaired) electrons. The third-order valence-electron chi connectivity index (χ3n) is 3.79. The molecule has 6 nitrogen and oxygen atoms in total. The zero-order chi connectivity index (χ0) is 14.2. The van der Waals surface area contributed by atoms with Gasteiger partial charge in [0.1, 0.15) is 0 Å². The first-order chi connectivity index (χ1) is 9.81. The van der Waals surface area contributed by atoms with Crippen LogP contribution in [0, 0.1) is 5.92 Å². The van der Waals surface area contributed by atoms with Crippen LogP contribution < -0.4 is 5.32 Å². The van der Waals surface area contributed by atoms with Gasteiger partial charge in [0.25, 0.3) is 0 Å². The maximum atomic E-state index is 5.27. The van der Waals surface area contributed by atoms with Crippen molar-refractivity contribution in [2.45, 2.75) is 32.9 Å². The number of piperidine rings is 1. The third kappa shape index (κ3) is 4.85. The van der Waals surface area contributed by atoms with Crippen molar-refractivity contribution in [2.24, 2.45) is 5.92 Å². The van der Waals surface area contributed by atoms with Gasteiger partial charge in [0.05, 0.1) is 18.8 Å². The lowest BCUT2D eigenvalue weighted by molar-refractivity contribution is 0.0884. The summed E-state index contributed by atoms with van der Waals surface area (Å²) in [5, 5.41) is 11.6. The molecule has 1 N–H and O–H groups in total. The number of hydrogen-bond donors (Lipinski definition) is 1. The number of methoxy groups -OCH3 is 1. The first kappa shape index (κ1) is 15.4. The van der Waals surface area contributed by atoms with E-state index in [0.717, 1.165) is 45.0 Å². The summed E-state index contributed by atoms with van der Waals surface area (Å²) in [6, 6.07) is 0. The molecule has 6 heteroatoms. The molecule has 1 atom stereocenters. The first-order valence-corrected chi connectivity index (χ1v) is 7.62. The highest BCUT2D eigenvalue weighted by Gasteiger charge is 2.19. The van der Waals surface area contributed by atoms with Crippen LogP contribution in [0.1, 0.15) is 25.5 Å². The molecule has 0 spiro atoms. The smallest absolute Gasteiger partial charge is 0.0964 e. The summed E-state index contributed by atoms with van der Waals surface area (Å²) in [6.07, 6.45) is 4.61. The summed E-state index contributed by atoms with van der Waals surface area (Å²) in [5.74, 6) is 0.689. The molecule has 1 fully saturated rings. The fraction of sp³-hybridized carbons (Fsp3) is 0.857. The Kier molecular flexibility index (Phi) is 6.42. The third-order valence-corrected chi connectivity index (χ3v) is 3.79. The number of hydrogen-bond acceptors (Lipinski definition) is 5. The van der Waals surface area contributed by atoms with E-state index < -0.39 is 0 Å². The molecule has 1 unspecified atom stereocenters. The van der Waals surface area contributed by atoms with E-state index in [0.29, 0.717) is 5.92 Å². The van der Waals surface area contributed by atoms with Gasteiger partial charge in [0.15, 0.2) is 0 Å². The Morgan fingerprint density at radius 1 is 1.45 bits per heavy atom. The Hall–Kier alpha value is -0.980. The maximum Gasteiger partial charge on any atom is 0.0964 e. The van der Waals surface area contributed by atoms with E-state index in [4.69, 9.17) is 4.74 Å². The van der Waals surface area contributed by atoms with E-state index in [2.05, 4.69) is 27.5 Å². The highest BCUT2D eigenvalue weighted by Crippen LogP contribution is 2.16. The monoisotopic (exact) mass is 281 g/mol. The van der Waals surface area contributed by atoms with E-state index in [1.807, 2.05) is 10.9 Å². The Morgan fingerprint density at radius 2 is 2.35 bits per heavy atom. The first-order valence-electron chi connectivity index (χ1n) is 7.62. The van der Waals surface area contributed by atoms with E-state index in [-0.39, 0.29) is 0 Å². The molecule has 0 saturated carbocycles. The molecule has 0 bridgehead atoms. The normalized spacial score (nSPS) is 20.4. The molecule has 1 aromatic heterocycles. The zero-order valence-corrected chi connectivity index (χ0v) is 12.7. The van der Waals surface area contributed by atoms with Gasteiger partial charge in [0.2, 0.25) is 0 Å². The van der Waals surface area contributed by atoms with Gasteiger partial charge in [-0.05, 0) is 31.8 Å². The van der Waals surface area contributed by atoms with Crippen LogP contribution in [-0.2, 0) is 17.8 Å². The lowest BCUT2D eigenvalue weighted by Crippen LogP contribution is -2.38. The van der Waals surface area contributed by atoms with Gasteiger partial charge in [-0.1, -0.05) is 12.1 Å². The second-order valence-electron chi connectivity index (χ2n) is 5.52. The second-order valence-corrected chi connectivity index (χ2v) is 5.52. The van der Waals surface area contributed by atoms with Crippen molar-refractivity contribution in [2.75, 3.05) is 39.9 Å². The maximum absolute atomic E-state index is 5.27. The fourth-order valence-corrected chi connectivity index (χ4v) is 2.75. The molecule has 1 aromatic rings. The van der Waals surface area contributed by atoms with Crippen molar-refractivity contribution >= 4 is 0 Å². The van der Waals surface area contributed by atoms with Gasteiger partial charge < -0.3 is 15.0 Å². The minimum absolute atomic E-state index is 0.689. The summed E-state index contributed by atoms with van der Waals surface area (Å²) in [7, 11) is 1.79. The van der Waals surface area contributed by atoms with Gasteiger partial charge in [-0.3, -0.25) is 4.68 Å². The second kappa shape index (κ2) is 8.34. The summed E-state index contributed by atoms with van der Waals surface area (Å²) < 4.78 is 7.22. The summed E-state index contributed by atoms with van der Waals surface area (Å²) in [4.78, 5) is 2.51. The summed E-state index contributed by atoms with van der Waals surface area (Å²) in [6.45, 7) is 9.04. The molecule has 0 aromatic carbocycles. The molecule has 20 heavy (non-hydrogen) atoms. The highest BCUT2D eigenvalue weighted by molar-refractivity contribution is 4.91. The van der Waals surface area contributed by atoms with Crippen molar-refractivity contribution in [3.8, 4) is 0 Å². The molecule has 1 aliphatic rings. The van der Waals surface area contributed by atoms with Crippen LogP contribution in [0.3, 0.4) is 0 Å². The predicted molar refractivity (Wildman–Crippen MR) is 78.4 cm³/mol. The van der Waals surface area contributed by atoms with Crippen molar-refractivity contribution in [1.29, 1.82) is 0 Å². The minimum atomic E-state index is 0.689. The molecule has 0 aliphatic carbocycles. The van der Waals surface area contributed by atoms with Crippen LogP contribution in [0.25, 0.3) is 0 Å². The number of aromatic nitrogens is 3. The minimum Gasteiger partial charge on any atom is -0.384 e. The van der Waals surface area contributed by atoms with Crippen molar-refractivity contribution in [3.63, 3.8) is 0 Å². The number of nitrogens with zero attached hydrogens (tertiary/aromatic N) is 4. The lowest BCUT2D eigenvalue weighted by Gasteiger charge is -2.32. The summed E-state index contributed by atoms with van der Waals surface area (Å²) >= 11 is 0. The van der Waals surface area contributed by atoms with Crippen molar-refractivity contribution in [1.82, 2.24) is 25.2 Å². The molecular formula is C14H27N5O. The Balaban J connectivity index is 1.72. The van der Waals surface area contributed by atoms with Gasteiger partial charge in [-0.2, -0.15) is 0 Å². The molecule has 0 amide bonds. The van der Waals surface area contributed by atoms with E-state index in [1.165, 1.54) is 19.4 Å². The average Bonchev–Trinajstić information content (AvgIpc) is 2.92. The Morgan fingerprint density at radius 3 is 3.15 bits per heavy atom. The molecule has 2 rings (SSSR count). The molecular weight excluding hydrogens is 254 g/mol. The predicted octanol–water partition coefficient (Wildman–Crippen LogP) is 0.746. The molecule has 2 heterocycles. The van der Waals surface area contributed by atoms with Crippen LogP contribution >= 0.6 is 0 Å². The van der Waals surface area contributed by atoms with Crippen LogP contribution in [-0.4, -0.2) is 59.8 Å². The summed E-state index contributed by atoms with van der Waals surface area (Å²) in [5.41, 5.74) is 1.02. The van der Waals surface area contributed by atoms with Crippen molar-refractivity contribution < 1.29 is 4.74 Å². The van der Waals surface area contributed by atoms with Gasteiger partial charge in [-0.15, -0.1) is 5.10 Å². The van der Waals surface area contributed by atoms with Gasteiger partial charge in [-0.25, -0.2) is 0 Å². The number of ether oxygens (including phenoxy) is 1. The topological polar surface area (TPSA) is 55.2 Å². The van der Waals surface area contributed by atoms with Crippen LogP contribution in [0.4, 0.5) is 0 Å². The molecule has 114 valence electrons. The van der Waals surface area contributed by atoms with Crippen LogP contribution in [0.2, 0.25) is 0 Å². The SMILES string of the molecule is CCNCc1cn(CCN2CCCC(COC)C2)nn1. The molecule has 1 aliphatic heterocycles. The largest absolute Gasteiger partial charge is 0.384 e. The van der Waals surface area contributed by atoms with E-state index in [9.17, 15) is 0 Å². The fourth-order valence-electron chi connectivity index (χ4n) is 2.75. The highest BCUT2D eigenvalue weighted by atomic mass is 16.5. The number of rotatable bonds is 8. The average molecular weight is 281 g/mol. The standard InChI is InChI=1S/C14H27N5O/c1-3-15-9-14-11-19(17-16-14)8-7-18-6-4-5-13(10-18)12-20-2/h11,13,15H,3-10,12H2,1-2H3. The van der Waals surface area contributed by atoms with E-state index >= 15 is 0 Å². The van der Waals surface area contributed by atoms with Crippen LogP contribution in [0.5, 0.6) is 0 Å². The Labute approximate surface area is 121 Å². The number of likely N-dealkylation sites (tertiary alicyclic amines) is 1. The quantitative estimate of drug-likeness (QED) is 0.762. The zero-order valence-electron chi connectivity index (χ0n) is 12.7. The molecule has 1 saturated heterocycles. The lowest BCUT2D eigenvalue weighted by atomic mass is 9.99. The van der Waals surface area contributed by atoms with Crippen molar-refractivity contribution in [3.05, 3.63) is 11.9 Å². The van der Waals surface area contributed by atoms with Gasteiger partial charge >= 0.3 is 0 Å². The van der Waals surface area contributed by atoms with E-state index in [1.54, 1.807) is 7.11 Å². The van der Waals surface area contributed by atoms with Crippen LogP contribution in [0.15, 0.2) is 6.20 Å². The number of nitrogens with one attached hydrogen (secondary N) is 1. The Bertz CT molecular complexity index is 379. The van der Waals surface area contributed by atoms with Gasteiger partial charge in [0, 0.05) is 32.9 Å².